The van der Waals surface area contributed by atoms with Crippen molar-refractivity contribution in [1.29, 1.82) is 0 Å². The quantitative estimate of drug-likeness (QED) is 0.515. The molecule has 6 nitrogen and oxygen atoms in total. The van der Waals surface area contributed by atoms with Crippen molar-refractivity contribution in [2.75, 3.05) is 23.3 Å². The number of rotatable bonds is 7. The molecule has 1 N–H and O–H groups in total. The van der Waals surface area contributed by atoms with Gasteiger partial charge in [-0.2, -0.15) is 0 Å². The maximum atomic E-state index is 13.4. The van der Waals surface area contributed by atoms with E-state index in [0.29, 0.717) is 5.75 Å². The van der Waals surface area contributed by atoms with Crippen LogP contribution in [-0.4, -0.2) is 28.0 Å². The summed E-state index contributed by atoms with van der Waals surface area (Å²) in [7, 11) is -2.71. The lowest BCUT2D eigenvalue weighted by Crippen LogP contribution is -2.38. The molecule has 3 aromatic carbocycles. The Hall–Kier alpha value is -2.81. The molecule has 0 aliphatic rings. The zero-order valence-electron chi connectivity index (χ0n) is 16.2. The average molecular weight is 483 g/mol. The van der Waals surface area contributed by atoms with Crippen LogP contribution in [0.4, 0.5) is 15.8 Å². The summed E-state index contributed by atoms with van der Waals surface area (Å²) in [5, 5.41) is 2.93. The monoisotopic (exact) mass is 482 g/mol. The highest BCUT2D eigenvalue weighted by Crippen LogP contribution is 2.30. The molecule has 3 aromatic rings. The van der Waals surface area contributed by atoms with E-state index in [9.17, 15) is 17.6 Å². The molecule has 0 aliphatic heterocycles. The highest BCUT2D eigenvalue weighted by molar-refractivity contribution is 7.92. The van der Waals surface area contributed by atoms with Crippen LogP contribution in [0.15, 0.2) is 71.6 Å². The van der Waals surface area contributed by atoms with Crippen molar-refractivity contribution in [3.63, 3.8) is 0 Å². The van der Waals surface area contributed by atoms with Gasteiger partial charge in [-0.3, -0.25) is 9.10 Å². The summed E-state index contributed by atoms with van der Waals surface area (Å²) in [6.07, 6.45) is 0. The van der Waals surface area contributed by atoms with Gasteiger partial charge in [-0.05, 0) is 60.7 Å². The van der Waals surface area contributed by atoms with Crippen molar-refractivity contribution >= 4 is 50.5 Å². The molecule has 0 heterocycles. The summed E-state index contributed by atoms with van der Waals surface area (Å²) >= 11 is 12.1. The Labute approximate surface area is 189 Å². The van der Waals surface area contributed by atoms with Crippen molar-refractivity contribution < 1.29 is 22.3 Å². The average Bonchev–Trinajstić information content (AvgIpc) is 2.75. The third kappa shape index (κ3) is 5.28. The minimum atomic E-state index is -4.17. The fourth-order valence-electron chi connectivity index (χ4n) is 2.72. The number of nitrogens with zero attached hydrogens (tertiary/aromatic N) is 1. The van der Waals surface area contributed by atoms with Crippen LogP contribution in [0.3, 0.4) is 0 Å². The number of carbonyl (C=O) groups is 1. The van der Waals surface area contributed by atoms with E-state index < -0.39 is 28.3 Å². The molecule has 0 saturated heterocycles. The van der Waals surface area contributed by atoms with Crippen molar-refractivity contribution in [2.24, 2.45) is 0 Å². The van der Waals surface area contributed by atoms with Gasteiger partial charge in [-0.15, -0.1) is 0 Å². The van der Waals surface area contributed by atoms with Crippen LogP contribution in [0, 0.1) is 5.82 Å². The number of methoxy groups -OCH3 is 1. The van der Waals surface area contributed by atoms with Gasteiger partial charge in [0.05, 0.1) is 33.4 Å². The molecule has 31 heavy (non-hydrogen) atoms. The molecule has 3 rings (SSSR count). The summed E-state index contributed by atoms with van der Waals surface area (Å²) in [6, 6.07) is 15.1. The van der Waals surface area contributed by atoms with Crippen molar-refractivity contribution in [2.45, 2.75) is 4.90 Å². The Morgan fingerprint density at radius 3 is 2.13 bits per heavy atom. The van der Waals surface area contributed by atoms with E-state index in [1.807, 2.05) is 0 Å². The number of carbonyl (C=O) groups excluding carboxylic acids is 1. The van der Waals surface area contributed by atoms with E-state index >= 15 is 0 Å². The van der Waals surface area contributed by atoms with Crippen molar-refractivity contribution in [3.05, 3.63) is 82.6 Å². The number of para-hydroxylation sites is 1. The van der Waals surface area contributed by atoms with Crippen molar-refractivity contribution in [3.8, 4) is 5.75 Å². The first-order chi connectivity index (χ1) is 14.7. The van der Waals surface area contributed by atoms with E-state index in [1.54, 1.807) is 6.07 Å². The number of benzene rings is 3. The molecule has 0 saturated carbocycles. The first-order valence-electron chi connectivity index (χ1n) is 8.88. The predicted octanol–water partition coefficient (Wildman–Crippen LogP) is 4.98. The summed E-state index contributed by atoms with van der Waals surface area (Å²) in [4.78, 5) is 12.6. The molecule has 162 valence electrons. The van der Waals surface area contributed by atoms with Crippen LogP contribution in [-0.2, 0) is 14.8 Å². The second kappa shape index (κ2) is 9.55. The van der Waals surface area contributed by atoms with Gasteiger partial charge < -0.3 is 10.1 Å². The molecule has 0 bridgehead atoms. The van der Waals surface area contributed by atoms with Crippen LogP contribution in [0.1, 0.15) is 0 Å². The third-order valence-electron chi connectivity index (χ3n) is 4.28. The smallest absolute Gasteiger partial charge is 0.264 e. The molecule has 0 atom stereocenters. The molecule has 1 amide bonds. The molecule has 0 aliphatic carbocycles. The van der Waals surface area contributed by atoms with Gasteiger partial charge in [0.1, 0.15) is 18.1 Å². The maximum absolute atomic E-state index is 13.4. The normalized spacial score (nSPS) is 11.1. The van der Waals surface area contributed by atoms with E-state index in [4.69, 9.17) is 27.9 Å². The van der Waals surface area contributed by atoms with Crippen LogP contribution in [0.5, 0.6) is 5.75 Å². The van der Waals surface area contributed by atoms with Gasteiger partial charge in [0.25, 0.3) is 10.0 Å². The number of sulfonamides is 1. The largest absolute Gasteiger partial charge is 0.497 e. The first kappa shape index (κ1) is 22.9. The summed E-state index contributed by atoms with van der Waals surface area (Å²) in [5.74, 6) is -0.757. The lowest BCUT2D eigenvalue weighted by Gasteiger charge is -2.24. The number of hydrogen-bond acceptors (Lipinski definition) is 4. The minimum Gasteiger partial charge on any atom is -0.497 e. The lowest BCUT2D eigenvalue weighted by atomic mass is 10.3. The number of nitrogens with one attached hydrogen (secondary N) is 1. The maximum Gasteiger partial charge on any atom is 0.264 e. The Morgan fingerprint density at radius 2 is 1.58 bits per heavy atom. The minimum absolute atomic E-state index is 0.0683. The Kier molecular flexibility index (Phi) is 7.04. The standard InChI is InChI=1S/C21H17Cl2FN2O4S/c1-30-16-9-11-17(12-10-16)31(28,29)26(15-7-5-14(24)6-8-15)13-20(27)25-21-18(22)3-2-4-19(21)23/h2-12H,13H2,1H3,(H,25,27). The van der Waals surface area contributed by atoms with Crippen LogP contribution in [0.25, 0.3) is 0 Å². The molecular weight excluding hydrogens is 466 g/mol. The fraction of sp³-hybridized carbons (Fsp3) is 0.0952. The molecule has 0 spiro atoms. The molecule has 0 unspecified atom stereocenters. The van der Waals surface area contributed by atoms with Crippen LogP contribution in [0.2, 0.25) is 10.0 Å². The van der Waals surface area contributed by atoms with E-state index in [1.165, 1.54) is 55.6 Å². The molecule has 0 fully saturated rings. The number of halogens is 3. The van der Waals surface area contributed by atoms with Gasteiger partial charge in [0.15, 0.2) is 0 Å². The zero-order chi connectivity index (χ0) is 22.6. The SMILES string of the molecule is COc1ccc(S(=O)(=O)N(CC(=O)Nc2c(Cl)cccc2Cl)c2ccc(F)cc2)cc1. The number of anilines is 2. The van der Waals surface area contributed by atoms with Crippen LogP contribution < -0.4 is 14.4 Å². The van der Waals surface area contributed by atoms with Gasteiger partial charge in [0, 0.05) is 0 Å². The Bertz CT molecular complexity index is 1170. The Morgan fingerprint density at radius 1 is 1.00 bits per heavy atom. The van der Waals surface area contributed by atoms with Crippen LogP contribution >= 0.6 is 23.2 Å². The highest BCUT2D eigenvalue weighted by Gasteiger charge is 2.28. The second-order valence-corrected chi connectivity index (χ2v) is 8.99. The molecule has 0 aromatic heterocycles. The van der Waals surface area contributed by atoms with Gasteiger partial charge >= 0.3 is 0 Å². The summed E-state index contributed by atoms with van der Waals surface area (Å²) < 4.78 is 45.9. The van der Waals surface area contributed by atoms with E-state index in [-0.39, 0.29) is 26.3 Å². The number of hydrogen-bond donors (Lipinski definition) is 1. The third-order valence-corrected chi connectivity index (χ3v) is 6.69. The molecule has 10 heteroatoms. The summed E-state index contributed by atoms with van der Waals surface area (Å²) in [6.45, 7) is -0.596. The fourth-order valence-corrected chi connectivity index (χ4v) is 4.64. The summed E-state index contributed by atoms with van der Waals surface area (Å²) in [5.41, 5.74) is 0.273. The molecular formula is C21H17Cl2FN2O4S. The number of ether oxygens (including phenoxy) is 1. The highest BCUT2D eigenvalue weighted by atomic mass is 35.5. The van der Waals surface area contributed by atoms with E-state index in [2.05, 4.69) is 5.32 Å². The second-order valence-electron chi connectivity index (χ2n) is 6.31. The molecule has 0 radical (unpaired) electrons. The van der Waals surface area contributed by atoms with Gasteiger partial charge in [0.2, 0.25) is 5.91 Å². The lowest BCUT2D eigenvalue weighted by molar-refractivity contribution is -0.114. The Balaban J connectivity index is 1.96. The van der Waals surface area contributed by atoms with Gasteiger partial charge in [-0.25, -0.2) is 12.8 Å². The first-order valence-corrected chi connectivity index (χ1v) is 11.1. The van der Waals surface area contributed by atoms with E-state index in [0.717, 1.165) is 16.4 Å². The van der Waals surface area contributed by atoms with Gasteiger partial charge in [-0.1, -0.05) is 29.3 Å². The topological polar surface area (TPSA) is 75.7 Å². The van der Waals surface area contributed by atoms with Crippen molar-refractivity contribution in [1.82, 2.24) is 0 Å². The predicted molar refractivity (Wildman–Crippen MR) is 119 cm³/mol. The zero-order valence-corrected chi connectivity index (χ0v) is 18.5. The number of amides is 1.